The molecule has 0 aliphatic carbocycles. The summed E-state index contributed by atoms with van der Waals surface area (Å²) < 4.78 is 31.1. The molecule has 0 saturated carbocycles. The first-order chi connectivity index (χ1) is 16.8. The highest BCUT2D eigenvalue weighted by atomic mass is 79.9. The fourth-order valence-electron chi connectivity index (χ4n) is 5.11. The fraction of sp³-hybridized carbons (Fsp3) is 0.0667. The van der Waals surface area contributed by atoms with E-state index in [1.165, 1.54) is 22.5 Å². The molecule has 35 heavy (non-hydrogen) atoms. The summed E-state index contributed by atoms with van der Waals surface area (Å²) in [6, 6.07) is 30.1. The highest BCUT2D eigenvalue weighted by Gasteiger charge is 2.43. The van der Waals surface area contributed by atoms with Gasteiger partial charge in [-0.1, -0.05) is 93.5 Å². The lowest BCUT2D eigenvalue weighted by atomic mass is 9.89. The zero-order chi connectivity index (χ0) is 24.7. The largest absolute Gasteiger partial charge is 0.207 e. The second-order valence-corrected chi connectivity index (χ2v) is 15.2. The Labute approximate surface area is 222 Å². The van der Waals surface area contributed by atoms with Crippen molar-refractivity contribution < 1.29 is 8.78 Å². The van der Waals surface area contributed by atoms with Gasteiger partial charge in [-0.25, -0.2) is 8.78 Å². The topological polar surface area (TPSA) is 0 Å². The van der Waals surface area contributed by atoms with Crippen molar-refractivity contribution in [1.82, 2.24) is 0 Å². The number of rotatable bonds is 4. The lowest BCUT2D eigenvalue weighted by Crippen LogP contribution is -2.28. The van der Waals surface area contributed by atoms with Crippen LogP contribution < -0.4 is 0 Å². The van der Waals surface area contributed by atoms with E-state index < -0.39 is 8.07 Å². The average molecular weight is 608 g/mol. The Bertz CT molecular complexity index is 1370. The third-order valence-electron chi connectivity index (χ3n) is 6.49. The highest BCUT2D eigenvalue weighted by molar-refractivity contribution is 9.10. The molecule has 4 aromatic carbocycles. The van der Waals surface area contributed by atoms with E-state index in [0.717, 1.165) is 42.3 Å². The molecule has 0 amide bonds. The molecule has 0 saturated heterocycles. The molecule has 0 N–H and O–H groups in total. The second kappa shape index (κ2) is 9.45. The maximum atomic E-state index is 14.6. The first-order valence-corrected chi connectivity index (χ1v) is 15.9. The maximum Gasteiger partial charge on any atom is 0.123 e. The molecule has 0 fully saturated rings. The van der Waals surface area contributed by atoms with Gasteiger partial charge in [0.1, 0.15) is 19.7 Å². The minimum absolute atomic E-state index is 0.291. The summed E-state index contributed by atoms with van der Waals surface area (Å²) in [7, 11) is -2.36. The molecule has 0 radical (unpaired) electrons. The normalized spacial score (nSPS) is 15.1. The number of halogens is 4. The van der Waals surface area contributed by atoms with Crippen LogP contribution in [-0.2, 0) is 0 Å². The summed E-state index contributed by atoms with van der Waals surface area (Å²) in [6.45, 7) is 4.65. The molecule has 0 atom stereocenters. The van der Waals surface area contributed by atoms with E-state index in [9.17, 15) is 8.78 Å². The summed E-state index contributed by atoms with van der Waals surface area (Å²) >= 11 is 7.11. The van der Waals surface area contributed by atoms with Gasteiger partial charge in [0, 0.05) is 8.95 Å². The van der Waals surface area contributed by atoms with Crippen LogP contribution in [0.15, 0.2) is 106 Å². The van der Waals surface area contributed by atoms with Crippen LogP contribution in [-0.4, -0.2) is 8.07 Å². The Kier molecular flexibility index (Phi) is 6.51. The van der Waals surface area contributed by atoms with Crippen molar-refractivity contribution in [3.63, 3.8) is 0 Å². The molecule has 0 spiro atoms. The van der Waals surface area contributed by atoms with Gasteiger partial charge in [0.05, 0.1) is 0 Å². The Morgan fingerprint density at radius 1 is 0.514 bits per heavy atom. The summed E-state index contributed by atoms with van der Waals surface area (Å²) in [5.41, 5.74) is 5.76. The predicted molar refractivity (Wildman–Crippen MR) is 152 cm³/mol. The molecule has 5 rings (SSSR count). The molecule has 0 nitrogen and oxygen atoms in total. The molecule has 0 bridgehead atoms. The molecule has 174 valence electrons. The Morgan fingerprint density at radius 3 is 1.23 bits per heavy atom. The van der Waals surface area contributed by atoms with Crippen molar-refractivity contribution in [3.8, 4) is 0 Å². The van der Waals surface area contributed by atoms with E-state index in [-0.39, 0.29) is 11.6 Å². The summed E-state index contributed by atoms with van der Waals surface area (Å²) in [5.74, 6) is -0.583. The van der Waals surface area contributed by atoms with Gasteiger partial charge in [-0.2, -0.15) is 0 Å². The zero-order valence-corrected chi connectivity index (χ0v) is 23.4. The lowest BCUT2D eigenvalue weighted by molar-refractivity contribution is 0.626. The van der Waals surface area contributed by atoms with Crippen molar-refractivity contribution in [2.75, 3.05) is 0 Å². The van der Waals surface area contributed by atoms with E-state index in [0.29, 0.717) is 0 Å². The lowest BCUT2D eigenvalue weighted by Gasteiger charge is -2.26. The molecule has 5 heteroatoms. The fourth-order valence-corrected chi connectivity index (χ4v) is 9.45. The number of hydrogen-bond donors (Lipinski definition) is 0. The zero-order valence-electron chi connectivity index (χ0n) is 19.2. The molecule has 0 unspecified atom stereocenters. The van der Waals surface area contributed by atoms with E-state index >= 15 is 0 Å². The third-order valence-corrected chi connectivity index (χ3v) is 11.1. The first-order valence-electron chi connectivity index (χ1n) is 11.3. The van der Waals surface area contributed by atoms with Crippen molar-refractivity contribution in [2.24, 2.45) is 0 Å². The van der Waals surface area contributed by atoms with Gasteiger partial charge in [-0.3, -0.25) is 0 Å². The second-order valence-electron chi connectivity index (χ2n) is 9.16. The van der Waals surface area contributed by atoms with Crippen molar-refractivity contribution in [1.29, 1.82) is 0 Å². The molecular formula is C30H22Br2F2Si. The molecule has 0 aromatic heterocycles. The van der Waals surface area contributed by atoms with Crippen LogP contribution in [0.2, 0.25) is 13.1 Å². The van der Waals surface area contributed by atoms with Crippen LogP contribution in [0.25, 0.3) is 21.5 Å². The maximum absolute atomic E-state index is 14.6. The number of benzene rings is 4. The quantitative estimate of drug-likeness (QED) is 0.203. The first kappa shape index (κ1) is 24.1. The van der Waals surface area contributed by atoms with Crippen LogP contribution >= 0.6 is 31.9 Å². The molecule has 4 aromatic rings. The summed E-state index contributed by atoms with van der Waals surface area (Å²) in [5, 5.41) is 2.43. The minimum Gasteiger partial charge on any atom is -0.207 e. The van der Waals surface area contributed by atoms with E-state index in [1.807, 2.05) is 36.4 Å². The minimum atomic E-state index is -2.36. The van der Waals surface area contributed by atoms with Crippen LogP contribution in [0, 0.1) is 11.6 Å². The van der Waals surface area contributed by atoms with Crippen LogP contribution in [0.4, 0.5) is 8.78 Å². The number of hydrogen-bond acceptors (Lipinski definition) is 0. The number of allylic oxidation sites excluding steroid dienone is 2. The van der Waals surface area contributed by atoms with Gasteiger partial charge in [0.2, 0.25) is 0 Å². The highest BCUT2D eigenvalue weighted by Crippen LogP contribution is 2.55. The molecule has 1 aliphatic rings. The van der Waals surface area contributed by atoms with Gasteiger partial charge >= 0.3 is 0 Å². The van der Waals surface area contributed by atoms with E-state index in [2.05, 4.69) is 69.2 Å². The van der Waals surface area contributed by atoms with Gasteiger partial charge in [-0.15, -0.1) is 0 Å². The third kappa shape index (κ3) is 4.53. The van der Waals surface area contributed by atoms with Crippen LogP contribution in [0.1, 0.15) is 22.3 Å². The van der Waals surface area contributed by atoms with Crippen molar-refractivity contribution in [2.45, 2.75) is 13.1 Å². The Hall–Kier alpha value is -2.60. The van der Waals surface area contributed by atoms with Crippen LogP contribution in [0.5, 0.6) is 0 Å². The predicted octanol–water partition coefficient (Wildman–Crippen LogP) is 9.81. The van der Waals surface area contributed by atoms with Gasteiger partial charge in [0.25, 0.3) is 0 Å². The van der Waals surface area contributed by atoms with Gasteiger partial charge in [-0.05, 0) is 92.3 Å². The molecule has 1 heterocycles. The smallest absolute Gasteiger partial charge is 0.123 e. The summed E-state index contributed by atoms with van der Waals surface area (Å²) in [4.78, 5) is 0. The monoisotopic (exact) mass is 606 g/mol. The SMILES string of the molecule is C[Si]1(C)C(c2ccc(Br)cc2)=C(c2cccc(F)c2)C(c2cccc(F)c2)=C1c1ccc(Br)cc1. The van der Waals surface area contributed by atoms with Crippen molar-refractivity contribution in [3.05, 3.63) is 140 Å². The van der Waals surface area contributed by atoms with Gasteiger partial charge in [0.15, 0.2) is 0 Å². The standard InChI is InChI=1S/C30H22Br2F2Si/c1-35(2)29(19-9-13-23(31)14-10-19)27(21-5-3-7-25(33)17-21)28(22-6-4-8-26(34)18-22)30(35)20-11-15-24(32)16-12-20/h3-18H,1-2H3. The molecule has 1 aliphatic heterocycles. The van der Waals surface area contributed by atoms with Crippen LogP contribution in [0.3, 0.4) is 0 Å². The Morgan fingerprint density at radius 2 is 0.886 bits per heavy atom. The Balaban J connectivity index is 1.92. The van der Waals surface area contributed by atoms with Gasteiger partial charge < -0.3 is 0 Å². The van der Waals surface area contributed by atoms with Crippen molar-refractivity contribution >= 4 is 61.5 Å². The van der Waals surface area contributed by atoms with E-state index in [4.69, 9.17) is 0 Å². The van der Waals surface area contributed by atoms with E-state index in [1.54, 1.807) is 24.3 Å². The summed E-state index contributed by atoms with van der Waals surface area (Å²) in [6.07, 6.45) is 0. The molecular weight excluding hydrogens is 586 g/mol. The average Bonchev–Trinajstić information content (AvgIpc) is 3.07.